The molecule has 1 aliphatic rings. The van der Waals surface area contributed by atoms with Gasteiger partial charge in [0.25, 0.3) is 11.8 Å². The molecule has 0 fully saturated rings. The molecule has 0 saturated carbocycles. The minimum atomic E-state index is -0.262. The minimum Gasteiger partial charge on any atom is -0.346 e. The Bertz CT molecular complexity index is 1430. The van der Waals surface area contributed by atoms with Gasteiger partial charge in [0, 0.05) is 48.6 Å². The predicted molar refractivity (Wildman–Crippen MR) is 130 cm³/mol. The first-order valence-electron chi connectivity index (χ1n) is 10.8. The van der Waals surface area contributed by atoms with E-state index in [1.54, 1.807) is 30.2 Å². The Morgan fingerprint density at radius 2 is 2.00 bits per heavy atom. The molecule has 4 N–H and O–H groups in total. The molecule has 0 aliphatic carbocycles. The number of imidazole rings is 1. The standard InChI is InChI=1S/C25H23N7O2/c1-15-10-22(31-30-15)27-14-20-19-13-17(6-7-21(19)29-24(20)33)11-16-4-3-5-18(12-16)28-25(34)23-26-8-9-32(23)2/h3-10,12-14H,11H2,1-2H3,(H,28,34)(H,29,33)(H2,27,30,31)/b20-14-. The van der Waals surface area contributed by atoms with Gasteiger partial charge < -0.3 is 20.5 Å². The van der Waals surface area contributed by atoms with Crippen molar-refractivity contribution in [2.75, 3.05) is 16.0 Å². The topological polar surface area (TPSA) is 117 Å². The van der Waals surface area contributed by atoms with E-state index >= 15 is 0 Å². The quantitative estimate of drug-likeness (QED) is 0.332. The summed E-state index contributed by atoms with van der Waals surface area (Å²) in [5, 5.41) is 15.9. The van der Waals surface area contributed by atoms with Crippen LogP contribution in [0.25, 0.3) is 5.57 Å². The van der Waals surface area contributed by atoms with E-state index in [-0.39, 0.29) is 11.8 Å². The molecule has 9 nitrogen and oxygen atoms in total. The van der Waals surface area contributed by atoms with Crippen molar-refractivity contribution in [3.63, 3.8) is 0 Å². The zero-order chi connectivity index (χ0) is 23.7. The fraction of sp³-hybridized carbons (Fsp3) is 0.120. The van der Waals surface area contributed by atoms with Crippen molar-refractivity contribution < 1.29 is 9.59 Å². The third kappa shape index (κ3) is 4.31. The average Bonchev–Trinajstić information content (AvgIpc) is 3.50. The lowest BCUT2D eigenvalue weighted by molar-refractivity contribution is -0.110. The number of nitrogens with zero attached hydrogens (tertiary/aromatic N) is 3. The van der Waals surface area contributed by atoms with Crippen LogP contribution < -0.4 is 16.0 Å². The molecule has 0 spiro atoms. The summed E-state index contributed by atoms with van der Waals surface area (Å²) in [6.07, 6.45) is 5.65. The summed E-state index contributed by atoms with van der Waals surface area (Å²) in [7, 11) is 1.78. The van der Waals surface area contributed by atoms with Crippen molar-refractivity contribution in [2.45, 2.75) is 13.3 Å². The molecule has 9 heteroatoms. The lowest BCUT2D eigenvalue weighted by Crippen LogP contribution is -2.16. The molecule has 2 amide bonds. The molecule has 0 saturated heterocycles. The van der Waals surface area contributed by atoms with E-state index < -0.39 is 0 Å². The molecular formula is C25H23N7O2. The van der Waals surface area contributed by atoms with E-state index in [1.165, 1.54) is 0 Å². The Balaban J connectivity index is 1.34. The van der Waals surface area contributed by atoms with Crippen LogP contribution in [0.2, 0.25) is 0 Å². The van der Waals surface area contributed by atoms with Crippen molar-refractivity contribution in [3.05, 3.63) is 95.3 Å². The second kappa shape index (κ2) is 8.70. The van der Waals surface area contributed by atoms with Gasteiger partial charge in [0.15, 0.2) is 5.82 Å². The van der Waals surface area contributed by atoms with Gasteiger partial charge in [-0.25, -0.2) is 4.98 Å². The number of H-pyrrole nitrogens is 1. The van der Waals surface area contributed by atoms with E-state index in [1.807, 2.05) is 55.5 Å². The smallest absolute Gasteiger partial charge is 0.291 e. The van der Waals surface area contributed by atoms with Gasteiger partial charge in [0.2, 0.25) is 0 Å². The van der Waals surface area contributed by atoms with Gasteiger partial charge in [-0.3, -0.25) is 14.7 Å². The van der Waals surface area contributed by atoms with Crippen LogP contribution in [0.1, 0.15) is 33.0 Å². The lowest BCUT2D eigenvalue weighted by atomic mass is 9.99. The molecule has 0 atom stereocenters. The third-order valence-corrected chi connectivity index (χ3v) is 5.56. The molecule has 34 heavy (non-hydrogen) atoms. The number of anilines is 3. The molecule has 3 heterocycles. The van der Waals surface area contributed by atoms with Gasteiger partial charge in [0.05, 0.1) is 11.3 Å². The number of rotatable bonds is 6. The van der Waals surface area contributed by atoms with E-state index in [0.717, 1.165) is 28.1 Å². The summed E-state index contributed by atoms with van der Waals surface area (Å²) in [5.41, 5.74) is 5.81. The van der Waals surface area contributed by atoms with Crippen LogP contribution in [-0.2, 0) is 18.3 Å². The summed E-state index contributed by atoms with van der Waals surface area (Å²) in [6.45, 7) is 1.89. The highest BCUT2D eigenvalue weighted by atomic mass is 16.2. The van der Waals surface area contributed by atoms with Gasteiger partial charge in [-0.1, -0.05) is 18.2 Å². The van der Waals surface area contributed by atoms with Crippen LogP contribution in [0, 0.1) is 6.92 Å². The number of fused-ring (bicyclic) bond motifs is 1. The van der Waals surface area contributed by atoms with Gasteiger partial charge in [0.1, 0.15) is 5.82 Å². The van der Waals surface area contributed by atoms with Gasteiger partial charge in [-0.15, -0.1) is 0 Å². The number of aromatic nitrogens is 4. The lowest BCUT2D eigenvalue weighted by Gasteiger charge is -2.09. The maximum Gasteiger partial charge on any atom is 0.291 e. The minimum absolute atomic E-state index is 0.158. The van der Waals surface area contributed by atoms with Crippen molar-refractivity contribution in [2.24, 2.45) is 7.05 Å². The third-order valence-electron chi connectivity index (χ3n) is 5.56. The molecule has 0 radical (unpaired) electrons. The Hall–Kier alpha value is -4.66. The van der Waals surface area contributed by atoms with Crippen LogP contribution in [0.5, 0.6) is 0 Å². The van der Waals surface area contributed by atoms with E-state index in [0.29, 0.717) is 29.3 Å². The molecular weight excluding hydrogens is 430 g/mol. The summed E-state index contributed by atoms with van der Waals surface area (Å²) in [4.78, 5) is 29.1. The Morgan fingerprint density at radius 1 is 1.15 bits per heavy atom. The number of nitrogens with one attached hydrogen (secondary N) is 4. The monoisotopic (exact) mass is 453 g/mol. The van der Waals surface area contributed by atoms with E-state index in [4.69, 9.17) is 0 Å². The average molecular weight is 454 g/mol. The molecule has 0 unspecified atom stereocenters. The molecule has 2 aromatic carbocycles. The summed E-state index contributed by atoms with van der Waals surface area (Å²) >= 11 is 0. The maximum absolute atomic E-state index is 12.5. The SMILES string of the molecule is Cc1cc(N/C=C2\C(=O)Nc3ccc(Cc4cccc(NC(=O)c5nccn5C)c4)cc32)[nH]n1. The van der Waals surface area contributed by atoms with Crippen LogP contribution in [0.4, 0.5) is 17.2 Å². The highest BCUT2D eigenvalue weighted by Gasteiger charge is 2.24. The Morgan fingerprint density at radius 3 is 2.76 bits per heavy atom. The van der Waals surface area contributed by atoms with Gasteiger partial charge >= 0.3 is 0 Å². The molecule has 170 valence electrons. The number of hydrogen-bond acceptors (Lipinski definition) is 5. The normalized spacial score (nSPS) is 13.6. The number of hydrogen-bond donors (Lipinski definition) is 4. The first-order chi connectivity index (χ1) is 16.5. The van der Waals surface area contributed by atoms with Gasteiger partial charge in [-0.05, 0) is 48.7 Å². The van der Waals surface area contributed by atoms with Crippen molar-refractivity contribution in [1.82, 2.24) is 19.7 Å². The predicted octanol–water partition coefficient (Wildman–Crippen LogP) is 3.70. The van der Waals surface area contributed by atoms with Crippen LogP contribution in [-0.4, -0.2) is 31.6 Å². The molecule has 1 aliphatic heterocycles. The number of carbonyl (C=O) groups excluding carboxylic acids is 2. The van der Waals surface area contributed by atoms with Crippen molar-refractivity contribution >= 4 is 34.6 Å². The Labute approximate surface area is 195 Å². The van der Waals surface area contributed by atoms with Crippen LogP contribution in [0.15, 0.2) is 67.1 Å². The fourth-order valence-corrected chi connectivity index (χ4v) is 3.90. The zero-order valence-corrected chi connectivity index (χ0v) is 18.7. The highest BCUT2D eigenvalue weighted by molar-refractivity contribution is 6.31. The first-order valence-corrected chi connectivity index (χ1v) is 10.8. The number of benzene rings is 2. The number of aryl methyl sites for hydroxylation is 2. The second-order valence-corrected chi connectivity index (χ2v) is 8.15. The second-order valence-electron chi connectivity index (χ2n) is 8.15. The van der Waals surface area contributed by atoms with E-state index in [9.17, 15) is 9.59 Å². The van der Waals surface area contributed by atoms with Gasteiger partial charge in [-0.2, -0.15) is 5.10 Å². The molecule has 4 aromatic rings. The Kier molecular flexibility index (Phi) is 5.43. The molecule has 5 rings (SSSR count). The number of aromatic amines is 1. The first kappa shape index (κ1) is 21.2. The van der Waals surface area contributed by atoms with Crippen molar-refractivity contribution in [1.29, 1.82) is 0 Å². The van der Waals surface area contributed by atoms with Crippen molar-refractivity contribution in [3.8, 4) is 0 Å². The largest absolute Gasteiger partial charge is 0.346 e. The van der Waals surface area contributed by atoms with Crippen LogP contribution >= 0.6 is 0 Å². The number of amides is 2. The zero-order valence-electron chi connectivity index (χ0n) is 18.7. The maximum atomic E-state index is 12.5. The fourth-order valence-electron chi connectivity index (χ4n) is 3.90. The summed E-state index contributed by atoms with van der Waals surface area (Å²) < 4.78 is 1.67. The van der Waals surface area contributed by atoms with E-state index in [2.05, 4.69) is 31.1 Å². The summed E-state index contributed by atoms with van der Waals surface area (Å²) in [6, 6.07) is 15.5. The number of carbonyl (C=O) groups is 2. The summed E-state index contributed by atoms with van der Waals surface area (Å²) in [5.74, 6) is 0.641. The molecule has 0 bridgehead atoms. The molecule has 2 aromatic heterocycles. The van der Waals surface area contributed by atoms with Crippen LogP contribution in [0.3, 0.4) is 0 Å². The highest BCUT2D eigenvalue weighted by Crippen LogP contribution is 2.33.